The van der Waals surface area contributed by atoms with Gasteiger partial charge in [-0.15, -0.1) is 0 Å². The van der Waals surface area contributed by atoms with Crippen molar-refractivity contribution in [3.63, 3.8) is 0 Å². The maximum atomic E-state index is 15.0. The molecule has 0 aromatic heterocycles. The lowest BCUT2D eigenvalue weighted by Gasteiger charge is -2.39. The summed E-state index contributed by atoms with van der Waals surface area (Å²) in [6.07, 6.45) is 20.1. The van der Waals surface area contributed by atoms with Crippen LogP contribution >= 0.6 is 0 Å². The molecule has 0 aromatic rings. The highest BCUT2D eigenvalue weighted by Crippen LogP contribution is 2.44. The van der Waals surface area contributed by atoms with Crippen LogP contribution in [-0.4, -0.2) is 24.4 Å². The Morgan fingerprint density at radius 2 is 1.31 bits per heavy atom. The molecule has 3 fully saturated rings. The van der Waals surface area contributed by atoms with Crippen LogP contribution in [0, 0.1) is 29.6 Å². The predicted octanol–water partition coefficient (Wildman–Crippen LogP) is 9.93. The number of carbonyl (C=O) groups excluding carboxylic acids is 1. The van der Waals surface area contributed by atoms with E-state index in [0.717, 1.165) is 64.2 Å². The SMILES string of the molecule is CCCCCCCCC1CCC(C2CCC(C(=O)OC3CCC(CCCCC)CC3F)CC2)CC1F. The molecule has 6 unspecified atom stereocenters. The third-order valence-corrected chi connectivity index (χ3v) is 9.95. The maximum absolute atomic E-state index is 15.0. The first-order valence-corrected chi connectivity index (χ1v) is 16.0. The first kappa shape index (κ1) is 29.9. The fourth-order valence-electron chi connectivity index (χ4n) is 7.47. The number of carbonyl (C=O) groups is 1. The molecule has 36 heavy (non-hydrogen) atoms. The van der Waals surface area contributed by atoms with Crippen molar-refractivity contribution in [2.75, 3.05) is 0 Å². The normalized spacial score (nSPS) is 35.4. The Morgan fingerprint density at radius 1 is 0.667 bits per heavy atom. The molecule has 0 saturated heterocycles. The van der Waals surface area contributed by atoms with E-state index in [1.165, 1.54) is 57.8 Å². The second kappa shape index (κ2) is 16.3. The summed E-state index contributed by atoms with van der Waals surface area (Å²) in [7, 11) is 0. The van der Waals surface area contributed by atoms with Crippen LogP contribution in [0.1, 0.15) is 149 Å². The highest BCUT2D eigenvalue weighted by molar-refractivity contribution is 5.72. The third-order valence-electron chi connectivity index (χ3n) is 9.95. The van der Waals surface area contributed by atoms with Crippen molar-refractivity contribution in [1.29, 1.82) is 0 Å². The number of esters is 1. The quantitative estimate of drug-likeness (QED) is 0.172. The van der Waals surface area contributed by atoms with Crippen molar-refractivity contribution < 1.29 is 18.3 Å². The molecule has 0 radical (unpaired) electrons. The van der Waals surface area contributed by atoms with Gasteiger partial charge in [0.2, 0.25) is 0 Å². The average Bonchev–Trinajstić information content (AvgIpc) is 2.88. The van der Waals surface area contributed by atoms with Crippen molar-refractivity contribution in [1.82, 2.24) is 0 Å². The summed E-state index contributed by atoms with van der Waals surface area (Å²) < 4.78 is 35.5. The number of unbranched alkanes of at least 4 members (excludes halogenated alkanes) is 7. The van der Waals surface area contributed by atoms with Crippen molar-refractivity contribution in [2.24, 2.45) is 29.6 Å². The van der Waals surface area contributed by atoms with Crippen molar-refractivity contribution >= 4 is 5.97 Å². The van der Waals surface area contributed by atoms with E-state index in [1.807, 2.05) is 0 Å². The highest BCUT2D eigenvalue weighted by Gasteiger charge is 2.39. The molecule has 210 valence electrons. The van der Waals surface area contributed by atoms with E-state index < -0.39 is 18.4 Å². The van der Waals surface area contributed by atoms with Crippen LogP contribution in [0.25, 0.3) is 0 Å². The number of halogens is 2. The molecule has 6 atom stereocenters. The number of alkyl halides is 2. The zero-order valence-electron chi connectivity index (χ0n) is 23.5. The van der Waals surface area contributed by atoms with Gasteiger partial charge in [0.1, 0.15) is 18.4 Å². The lowest BCUT2D eigenvalue weighted by Crippen LogP contribution is -2.38. The third kappa shape index (κ3) is 9.57. The van der Waals surface area contributed by atoms with Crippen LogP contribution in [0.4, 0.5) is 8.78 Å². The molecule has 0 aromatic carbocycles. The zero-order valence-corrected chi connectivity index (χ0v) is 23.5. The first-order valence-electron chi connectivity index (χ1n) is 16.0. The Bertz CT molecular complexity index is 603. The largest absolute Gasteiger partial charge is 0.459 e. The van der Waals surface area contributed by atoms with E-state index in [0.29, 0.717) is 30.6 Å². The monoisotopic (exact) mass is 510 g/mol. The summed E-state index contributed by atoms with van der Waals surface area (Å²) in [5.74, 6) is 1.51. The van der Waals surface area contributed by atoms with Gasteiger partial charge in [-0.3, -0.25) is 4.79 Å². The van der Waals surface area contributed by atoms with Gasteiger partial charge in [-0.25, -0.2) is 8.78 Å². The number of ether oxygens (including phenoxy) is 1. The molecule has 2 nitrogen and oxygen atoms in total. The summed E-state index contributed by atoms with van der Waals surface area (Å²) >= 11 is 0. The number of hydrogen-bond acceptors (Lipinski definition) is 2. The van der Waals surface area contributed by atoms with Gasteiger partial charge in [-0.1, -0.05) is 78.1 Å². The smallest absolute Gasteiger partial charge is 0.309 e. The van der Waals surface area contributed by atoms with Crippen molar-refractivity contribution in [3.05, 3.63) is 0 Å². The van der Waals surface area contributed by atoms with Crippen LogP contribution in [0.3, 0.4) is 0 Å². The topological polar surface area (TPSA) is 26.3 Å². The van der Waals surface area contributed by atoms with Crippen LogP contribution in [0.15, 0.2) is 0 Å². The Balaban J connectivity index is 1.31. The Kier molecular flexibility index (Phi) is 13.6. The molecular formula is C32H56F2O2. The van der Waals surface area contributed by atoms with Crippen LogP contribution in [0.5, 0.6) is 0 Å². The minimum Gasteiger partial charge on any atom is -0.459 e. The Hall–Kier alpha value is -0.670. The van der Waals surface area contributed by atoms with Gasteiger partial charge in [0.25, 0.3) is 0 Å². The lowest BCUT2D eigenvalue weighted by molar-refractivity contribution is -0.162. The fourth-order valence-corrected chi connectivity index (χ4v) is 7.47. The van der Waals surface area contributed by atoms with E-state index in [1.54, 1.807) is 0 Å². The van der Waals surface area contributed by atoms with Gasteiger partial charge in [0.05, 0.1) is 5.92 Å². The van der Waals surface area contributed by atoms with E-state index >= 15 is 0 Å². The van der Waals surface area contributed by atoms with Gasteiger partial charge in [-0.05, 0) is 94.3 Å². The van der Waals surface area contributed by atoms with E-state index in [-0.39, 0.29) is 17.8 Å². The summed E-state index contributed by atoms with van der Waals surface area (Å²) in [6.45, 7) is 4.44. The molecule has 0 bridgehead atoms. The predicted molar refractivity (Wildman–Crippen MR) is 145 cm³/mol. The molecule has 0 heterocycles. The van der Waals surface area contributed by atoms with E-state index in [4.69, 9.17) is 4.74 Å². The van der Waals surface area contributed by atoms with Crippen LogP contribution in [-0.2, 0) is 9.53 Å². The van der Waals surface area contributed by atoms with Crippen LogP contribution in [0.2, 0.25) is 0 Å². The fraction of sp³-hybridized carbons (Fsp3) is 0.969. The standard InChI is InChI=1S/C32H56F2O2/c1-3-5-7-8-9-11-13-26-17-20-28(23-29(26)33)25-15-18-27(19-16-25)32(35)36-31-21-14-24(22-30(31)34)12-10-6-4-2/h24-31H,3-23H2,1-2H3. The van der Waals surface area contributed by atoms with Gasteiger partial charge in [0.15, 0.2) is 0 Å². The van der Waals surface area contributed by atoms with Gasteiger partial charge >= 0.3 is 5.97 Å². The maximum Gasteiger partial charge on any atom is 0.309 e. The molecule has 3 saturated carbocycles. The minimum atomic E-state index is -1.00. The second-order valence-electron chi connectivity index (χ2n) is 12.7. The Morgan fingerprint density at radius 3 is 2.00 bits per heavy atom. The molecule has 4 heteroatoms. The first-order chi connectivity index (χ1) is 17.5. The molecule has 0 spiro atoms. The molecule has 3 aliphatic rings. The van der Waals surface area contributed by atoms with Crippen LogP contribution < -0.4 is 0 Å². The summed E-state index contributed by atoms with van der Waals surface area (Å²) in [5.41, 5.74) is 0. The van der Waals surface area contributed by atoms with Gasteiger partial charge in [0, 0.05) is 0 Å². The van der Waals surface area contributed by atoms with Crippen molar-refractivity contribution in [2.45, 2.75) is 167 Å². The van der Waals surface area contributed by atoms with E-state index in [9.17, 15) is 13.6 Å². The van der Waals surface area contributed by atoms with Crippen molar-refractivity contribution in [3.8, 4) is 0 Å². The molecule has 3 aliphatic carbocycles. The van der Waals surface area contributed by atoms with E-state index in [2.05, 4.69) is 13.8 Å². The second-order valence-corrected chi connectivity index (χ2v) is 12.7. The summed E-state index contributed by atoms with van der Waals surface area (Å²) in [5, 5.41) is 0. The average molecular weight is 511 g/mol. The lowest BCUT2D eigenvalue weighted by atomic mass is 9.68. The summed E-state index contributed by atoms with van der Waals surface area (Å²) in [6, 6.07) is 0. The molecule has 3 rings (SSSR count). The summed E-state index contributed by atoms with van der Waals surface area (Å²) in [4.78, 5) is 12.8. The number of hydrogen-bond donors (Lipinski definition) is 0. The molecule has 0 amide bonds. The van der Waals surface area contributed by atoms with Gasteiger partial charge in [-0.2, -0.15) is 0 Å². The highest BCUT2D eigenvalue weighted by atomic mass is 19.1. The zero-order chi connectivity index (χ0) is 25.8. The molecule has 0 aliphatic heterocycles. The van der Waals surface area contributed by atoms with Gasteiger partial charge < -0.3 is 4.74 Å². The Labute approximate surface area is 221 Å². The molecule has 0 N–H and O–H groups in total. The minimum absolute atomic E-state index is 0.0825. The molecular weight excluding hydrogens is 454 g/mol. The number of rotatable bonds is 14.